The molecule has 21 heavy (non-hydrogen) atoms. The predicted molar refractivity (Wildman–Crippen MR) is 84.5 cm³/mol. The lowest BCUT2D eigenvalue weighted by molar-refractivity contribution is 0.249. The Hall–Kier alpha value is -2.49. The second-order valence-electron chi connectivity index (χ2n) is 4.93. The fourth-order valence-electron chi connectivity index (χ4n) is 2.06. The molecule has 2 rings (SSSR count). The number of urea groups is 1. The molecule has 0 aliphatic carbocycles. The molecule has 0 saturated carbocycles. The van der Waals surface area contributed by atoms with E-state index in [0.717, 1.165) is 12.0 Å². The summed E-state index contributed by atoms with van der Waals surface area (Å²) in [4.78, 5) is 11.9. The Morgan fingerprint density at radius 1 is 1.14 bits per heavy atom. The molecule has 0 spiro atoms. The van der Waals surface area contributed by atoms with E-state index in [1.807, 2.05) is 19.1 Å². The molecule has 0 bridgehead atoms. The summed E-state index contributed by atoms with van der Waals surface area (Å²) in [7, 11) is 0. The molecular weight excluding hydrogens is 264 g/mol. The first kappa shape index (κ1) is 14.9. The summed E-state index contributed by atoms with van der Waals surface area (Å²) in [5.74, 6) is 0.0487. The number of phenols is 1. The molecule has 2 aromatic carbocycles. The quantitative estimate of drug-likeness (QED) is 0.747. The number of para-hydroxylation sites is 2. The van der Waals surface area contributed by atoms with E-state index in [9.17, 15) is 9.90 Å². The minimum Gasteiger partial charge on any atom is -0.506 e. The Balaban J connectivity index is 1.97. The van der Waals surface area contributed by atoms with Crippen molar-refractivity contribution < 1.29 is 9.90 Å². The SMILES string of the molecule is CCc1ccc(C(C)NC(=O)Nc2ccccc2O)cc1. The number of rotatable bonds is 4. The molecule has 0 saturated heterocycles. The van der Waals surface area contributed by atoms with Gasteiger partial charge in [0, 0.05) is 0 Å². The third-order valence-corrected chi connectivity index (χ3v) is 3.39. The number of hydrogen-bond acceptors (Lipinski definition) is 2. The van der Waals surface area contributed by atoms with Crippen LogP contribution in [0, 0.1) is 0 Å². The first-order valence-corrected chi connectivity index (χ1v) is 7.04. The summed E-state index contributed by atoms with van der Waals surface area (Å²) >= 11 is 0. The Morgan fingerprint density at radius 3 is 2.43 bits per heavy atom. The van der Waals surface area contributed by atoms with Crippen molar-refractivity contribution in [2.75, 3.05) is 5.32 Å². The van der Waals surface area contributed by atoms with Crippen molar-refractivity contribution in [3.05, 3.63) is 59.7 Å². The number of hydrogen-bond donors (Lipinski definition) is 3. The highest BCUT2D eigenvalue weighted by Crippen LogP contribution is 2.21. The van der Waals surface area contributed by atoms with Gasteiger partial charge in [-0.25, -0.2) is 4.79 Å². The highest BCUT2D eigenvalue weighted by molar-refractivity contribution is 5.91. The molecule has 0 aliphatic heterocycles. The summed E-state index contributed by atoms with van der Waals surface area (Å²) in [5.41, 5.74) is 2.70. The van der Waals surface area contributed by atoms with E-state index in [0.29, 0.717) is 5.69 Å². The van der Waals surface area contributed by atoms with E-state index < -0.39 is 0 Å². The van der Waals surface area contributed by atoms with Crippen LogP contribution in [0.4, 0.5) is 10.5 Å². The van der Waals surface area contributed by atoms with Crippen molar-refractivity contribution in [1.82, 2.24) is 5.32 Å². The maximum atomic E-state index is 11.9. The second kappa shape index (κ2) is 6.79. The predicted octanol–water partition coefficient (Wildman–Crippen LogP) is 3.84. The molecule has 110 valence electrons. The zero-order chi connectivity index (χ0) is 15.2. The van der Waals surface area contributed by atoms with Crippen LogP contribution >= 0.6 is 0 Å². The summed E-state index contributed by atoms with van der Waals surface area (Å²) in [6, 6.07) is 14.3. The van der Waals surface area contributed by atoms with Gasteiger partial charge in [0.15, 0.2) is 0 Å². The maximum Gasteiger partial charge on any atom is 0.319 e. The van der Waals surface area contributed by atoms with Crippen LogP contribution in [0.2, 0.25) is 0 Å². The van der Waals surface area contributed by atoms with Crippen molar-refractivity contribution in [1.29, 1.82) is 0 Å². The van der Waals surface area contributed by atoms with Gasteiger partial charge in [0.1, 0.15) is 5.75 Å². The molecule has 4 nitrogen and oxygen atoms in total. The molecule has 1 atom stereocenters. The summed E-state index contributed by atoms with van der Waals surface area (Å²) < 4.78 is 0. The monoisotopic (exact) mass is 284 g/mol. The van der Waals surface area contributed by atoms with Crippen LogP contribution in [0.1, 0.15) is 31.0 Å². The number of phenolic OH excluding ortho intramolecular Hbond substituents is 1. The number of aryl methyl sites for hydroxylation is 1. The molecule has 4 heteroatoms. The molecule has 0 aromatic heterocycles. The van der Waals surface area contributed by atoms with Crippen molar-refractivity contribution in [3.63, 3.8) is 0 Å². The Morgan fingerprint density at radius 2 is 1.81 bits per heavy atom. The van der Waals surface area contributed by atoms with Crippen LogP contribution in [-0.4, -0.2) is 11.1 Å². The van der Waals surface area contributed by atoms with E-state index in [1.165, 1.54) is 11.6 Å². The average Bonchev–Trinajstić information content (AvgIpc) is 2.49. The molecule has 0 heterocycles. The third kappa shape index (κ3) is 3.99. The average molecular weight is 284 g/mol. The number of amides is 2. The van der Waals surface area contributed by atoms with Crippen LogP contribution in [-0.2, 0) is 6.42 Å². The van der Waals surface area contributed by atoms with Crippen LogP contribution in [0.15, 0.2) is 48.5 Å². The summed E-state index contributed by atoms with van der Waals surface area (Å²) in [5, 5.41) is 15.1. The number of carbonyl (C=O) groups is 1. The number of carbonyl (C=O) groups excluding carboxylic acids is 1. The molecule has 3 N–H and O–H groups in total. The van der Waals surface area contributed by atoms with Crippen LogP contribution in [0.25, 0.3) is 0 Å². The van der Waals surface area contributed by atoms with Gasteiger partial charge in [0.25, 0.3) is 0 Å². The lowest BCUT2D eigenvalue weighted by atomic mass is 10.1. The molecule has 0 aliphatic rings. The van der Waals surface area contributed by atoms with Gasteiger partial charge in [-0.1, -0.05) is 43.3 Å². The minimum absolute atomic E-state index is 0.0487. The zero-order valence-corrected chi connectivity index (χ0v) is 12.3. The number of benzene rings is 2. The third-order valence-electron chi connectivity index (χ3n) is 3.39. The van der Waals surface area contributed by atoms with E-state index >= 15 is 0 Å². The minimum atomic E-state index is -0.344. The van der Waals surface area contributed by atoms with Gasteiger partial charge in [-0.05, 0) is 36.6 Å². The Labute approximate surface area is 124 Å². The second-order valence-corrected chi connectivity index (χ2v) is 4.93. The molecule has 0 radical (unpaired) electrons. The number of nitrogens with one attached hydrogen (secondary N) is 2. The van der Waals surface area contributed by atoms with E-state index in [1.54, 1.807) is 18.2 Å². The summed E-state index contributed by atoms with van der Waals surface area (Å²) in [6.45, 7) is 4.03. The van der Waals surface area contributed by atoms with Crippen molar-refractivity contribution >= 4 is 11.7 Å². The van der Waals surface area contributed by atoms with E-state index in [2.05, 4.69) is 29.7 Å². The molecule has 1 unspecified atom stereocenters. The highest BCUT2D eigenvalue weighted by Gasteiger charge is 2.10. The van der Waals surface area contributed by atoms with Gasteiger partial charge in [-0.3, -0.25) is 0 Å². The maximum absolute atomic E-state index is 11.9. The van der Waals surface area contributed by atoms with Gasteiger partial charge in [0.05, 0.1) is 11.7 Å². The van der Waals surface area contributed by atoms with Crippen molar-refractivity contribution in [2.45, 2.75) is 26.3 Å². The topological polar surface area (TPSA) is 61.4 Å². The van der Waals surface area contributed by atoms with Crippen LogP contribution < -0.4 is 10.6 Å². The summed E-state index contributed by atoms with van der Waals surface area (Å²) in [6.07, 6.45) is 0.996. The zero-order valence-electron chi connectivity index (χ0n) is 12.3. The fraction of sp³-hybridized carbons (Fsp3) is 0.235. The largest absolute Gasteiger partial charge is 0.506 e. The van der Waals surface area contributed by atoms with Crippen molar-refractivity contribution in [3.8, 4) is 5.75 Å². The molecule has 2 amide bonds. The standard InChI is InChI=1S/C17H20N2O2/c1-3-13-8-10-14(11-9-13)12(2)18-17(21)19-15-6-4-5-7-16(15)20/h4-12,20H,3H2,1-2H3,(H2,18,19,21). The van der Waals surface area contributed by atoms with Crippen LogP contribution in [0.3, 0.4) is 0 Å². The van der Waals surface area contributed by atoms with Gasteiger partial charge >= 0.3 is 6.03 Å². The number of anilines is 1. The molecule has 0 fully saturated rings. The fourth-order valence-corrected chi connectivity index (χ4v) is 2.06. The first-order valence-electron chi connectivity index (χ1n) is 7.04. The van der Waals surface area contributed by atoms with Crippen LogP contribution in [0.5, 0.6) is 5.75 Å². The Bertz CT molecular complexity index is 608. The van der Waals surface area contributed by atoms with Gasteiger partial charge < -0.3 is 15.7 Å². The lowest BCUT2D eigenvalue weighted by Crippen LogP contribution is -2.31. The first-order chi connectivity index (χ1) is 10.1. The smallest absolute Gasteiger partial charge is 0.319 e. The van der Waals surface area contributed by atoms with Gasteiger partial charge in [-0.15, -0.1) is 0 Å². The molecular formula is C17H20N2O2. The number of aromatic hydroxyl groups is 1. The highest BCUT2D eigenvalue weighted by atomic mass is 16.3. The molecule has 2 aromatic rings. The Kier molecular flexibility index (Phi) is 4.82. The van der Waals surface area contributed by atoms with Crippen molar-refractivity contribution in [2.24, 2.45) is 0 Å². The van der Waals surface area contributed by atoms with E-state index in [-0.39, 0.29) is 17.8 Å². The van der Waals surface area contributed by atoms with Gasteiger partial charge in [0.2, 0.25) is 0 Å². The lowest BCUT2D eigenvalue weighted by Gasteiger charge is -2.16. The van der Waals surface area contributed by atoms with E-state index in [4.69, 9.17) is 0 Å². The van der Waals surface area contributed by atoms with Gasteiger partial charge in [-0.2, -0.15) is 0 Å². The normalized spacial score (nSPS) is 11.7.